The van der Waals surface area contributed by atoms with Crippen LogP contribution in [0.1, 0.15) is 104 Å². The van der Waals surface area contributed by atoms with Gasteiger partial charge in [-0.2, -0.15) is 0 Å². The number of fused-ring (bicyclic) bond motifs is 3. The molecular weight excluding hydrogens is 722 g/mol. The number of hydrogen-bond acceptors (Lipinski definition) is 12. The van der Waals surface area contributed by atoms with E-state index in [1.165, 1.54) is 26.0 Å². The normalized spacial score (nSPS) is 33.9. The summed E-state index contributed by atoms with van der Waals surface area (Å²) in [4.78, 5) is 55.8. The topological polar surface area (TPSA) is 209 Å². The van der Waals surface area contributed by atoms with Crippen molar-refractivity contribution in [1.29, 1.82) is 0 Å². The molecule has 0 saturated heterocycles. The first-order chi connectivity index (χ1) is 26.0. The van der Waals surface area contributed by atoms with Crippen molar-refractivity contribution in [2.75, 3.05) is 0 Å². The van der Waals surface area contributed by atoms with Gasteiger partial charge in [-0.15, -0.1) is 0 Å². The van der Waals surface area contributed by atoms with Crippen molar-refractivity contribution in [3.8, 4) is 0 Å². The van der Waals surface area contributed by atoms with Crippen LogP contribution in [0.4, 0.5) is 4.79 Å². The van der Waals surface area contributed by atoms with Crippen LogP contribution in [-0.2, 0) is 23.8 Å². The van der Waals surface area contributed by atoms with E-state index in [4.69, 9.17) is 14.2 Å². The lowest BCUT2D eigenvalue weighted by Crippen LogP contribution is -2.75. The zero-order valence-electron chi connectivity index (χ0n) is 33.6. The largest absolute Gasteiger partial charge is 0.456 e. The van der Waals surface area contributed by atoms with E-state index in [1.807, 2.05) is 0 Å². The predicted octanol–water partition coefficient (Wildman–Crippen LogP) is 4.34. The second kappa shape index (κ2) is 15.3. The molecule has 6 N–H and O–H groups in total. The molecule has 2 fully saturated rings. The number of amides is 1. The third-order valence-corrected chi connectivity index (χ3v) is 12.9. The molecule has 13 nitrogen and oxygen atoms in total. The van der Waals surface area contributed by atoms with Gasteiger partial charge in [-0.25, -0.2) is 14.4 Å². The van der Waals surface area contributed by atoms with Gasteiger partial charge < -0.3 is 45.1 Å². The first-order valence-electron chi connectivity index (χ1n) is 19.2. The number of esters is 2. The van der Waals surface area contributed by atoms with Gasteiger partial charge in [-0.05, 0) is 69.9 Å². The maximum Gasteiger partial charge on any atom is 0.408 e. The van der Waals surface area contributed by atoms with Gasteiger partial charge in [0.2, 0.25) is 0 Å². The Morgan fingerprint density at radius 1 is 0.911 bits per heavy atom. The number of alkyl carbamates (subject to hydrolysis) is 1. The Morgan fingerprint density at radius 3 is 2.04 bits per heavy atom. The molecule has 3 aliphatic rings. The number of aliphatic hydroxyl groups is 5. The van der Waals surface area contributed by atoms with E-state index in [0.29, 0.717) is 5.56 Å². The SMILES string of the molecule is CC[C@@]1(C)C2[C@H](OC(=O)c3ccccc3)[C@]3(O)C[C@H](OC(=O)[C@H](O)[C@@H](NC(=O)OC(C)(C)C)c4ccccc4)C(C)=C([C@@H](O)C(=O)[C@]2(C)[C@@H](O)C[C@H]1O)C3(C)C. The van der Waals surface area contributed by atoms with Crippen LogP contribution in [0, 0.1) is 22.2 Å². The van der Waals surface area contributed by atoms with Crippen molar-refractivity contribution < 1.29 is 58.9 Å². The van der Waals surface area contributed by atoms with Crippen molar-refractivity contribution >= 4 is 23.8 Å². The van der Waals surface area contributed by atoms with Crippen LogP contribution >= 0.6 is 0 Å². The summed E-state index contributed by atoms with van der Waals surface area (Å²) < 4.78 is 17.7. The monoisotopic (exact) mass is 779 g/mol. The van der Waals surface area contributed by atoms with Crippen LogP contribution < -0.4 is 5.32 Å². The second-order valence-corrected chi connectivity index (χ2v) is 17.6. The van der Waals surface area contributed by atoms with Crippen molar-refractivity contribution in [2.45, 2.75) is 135 Å². The van der Waals surface area contributed by atoms with E-state index in [2.05, 4.69) is 5.32 Å². The minimum absolute atomic E-state index is 0.00742. The number of hydrogen-bond donors (Lipinski definition) is 6. The summed E-state index contributed by atoms with van der Waals surface area (Å²) in [6, 6.07) is 14.9. The maximum absolute atomic E-state index is 14.9. The van der Waals surface area contributed by atoms with E-state index >= 15 is 0 Å². The molecule has 2 bridgehead atoms. The summed E-state index contributed by atoms with van der Waals surface area (Å²) >= 11 is 0. The Morgan fingerprint density at radius 2 is 1.48 bits per heavy atom. The third-order valence-electron chi connectivity index (χ3n) is 12.9. The summed E-state index contributed by atoms with van der Waals surface area (Å²) in [5.74, 6) is -4.15. The fraction of sp³-hybridized carbons (Fsp3) is 0.581. The number of nitrogens with one attached hydrogen (secondary N) is 1. The number of ether oxygens (including phenoxy) is 3. The molecule has 2 aromatic rings. The van der Waals surface area contributed by atoms with Gasteiger partial charge in [0, 0.05) is 29.6 Å². The van der Waals surface area contributed by atoms with Crippen LogP contribution in [0.2, 0.25) is 0 Å². The lowest BCUT2D eigenvalue weighted by atomic mass is 9.43. The Balaban J connectivity index is 1.66. The van der Waals surface area contributed by atoms with Crippen LogP contribution in [0.3, 0.4) is 0 Å². The van der Waals surface area contributed by atoms with Crippen molar-refractivity contribution in [3.63, 3.8) is 0 Å². The van der Waals surface area contributed by atoms with E-state index in [0.717, 1.165) is 0 Å². The molecule has 0 aromatic heterocycles. The average Bonchev–Trinajstić information content (AvgIpc) is 3.13. The zero-order valence-corrected chi connectivity index (χ0v) is 33.6. The number of ketones is 1. The van der Waals surface area contributed by atoms with E-state index in [1.54, 1.807) is 97.0 Å². The highest BCUT2D eigenvalue weighted by atomic mass is 16.6. The van der Waals surface area contributed by atoms with Crippen LogP contribution in [-0.4, -0.2) is 97.2 Å². The minimum atomic E-state index is -2.24. The van der Waals surface area contributed by atoms with Gasteiger partial charge in [-0.1, -0.05) is 76.2 Å². The van der Waals surface area contributed by atoms with E-state index in [9.17, 15) is 44.7 Å². The molecule has 306 valence electrons. The molecule has 56 heavy (non-hydrogen) atoms. The number of benzene rings is 2. The molecule has 11 atom stereocenters. The van der Waals surface area contributed by atoms with Gasteiger partial charge in [0.1, 0.15) is 29.5 Å². The highest BCUT2D eigenvalue weighted by Gasteiger charge is 2.73. The number of rotatable bonds is 8. The zero-order chi connectivity index (χ0) is 41.8. The van der Waals surface area contributed by atoms with Crippen molar-refractivity contribution in [2.24, 2.45) is 22.2 Å². The highest BCUT2D eigenvalue weighted by Crippen LogP contribution is 2.64. The number of Topliss-reactive ketones (excluding diaryl/α,β-unsaturated/α-hetero) is 1. The molecule has 2 aromatic carbocycles. The van der Waals surface area contributed by atoms with Gasteiger partial charge in [0.15, 0.2) is 11.9 Å². The quantitative estimate of drug-likeness (QED) is 0.126. The first kappa shape index (κ1) is 43.0. The van der Waals surface area contributed by atoms with E-state index < -0.39 is 106 Å². The lowest BCUT2D eigenvalue weighted by molar-refractivity contribution is -0.258. The van der Waals surface area contributed by atoms with Gasteiger partial charge in [-0.3, -0.25) is 4.79 Å². The third kappa shape index (κ3) is 7.28. The average molecular weight is 780 g/mol. The summed E-state index contributed by atoms with van der Waals surface area (Å²) in [5.41, 5.74) is -7.11. The van der Waals surface area contributed by atoms with Crippen molar-refractivity contribution in [3.05, 3.63) is 82.9 Å². The van der Waals surface area contributed by atoms with Crippen LogP contribution in [0.15, 0.2) is 71.8 Å². The summed E-state index contributed by atoms with van der Waals surface area (Å²) in [7, 11) is 0. The highest BCUT2D eigenvalue weighted by molar-refractivity contribution is 5.94. The fourth-order valence-corrected chi connectivity index (χ4v) is 9.42. The molecule has 1 unspecified atom stereocenters. The standard InChI is InChI=1S/C43H57NO12/c1-10-41(8)27(45)21-28(46)42(9)33(41)35(55-36(50)25-19-15-12-16-20-25)43(53)22-26(23(2)29(40(43,6)7)31(47)34(42)49)54-37(51)32(48)30(24-17-13-11-14-18-24)44-38(52)56-39(3,4)5/h11-20,26-28,30-33,35,45-48,53H,10,21-22H2,1-9H3,(H,44,52)/t26-,27+,28-,30-,31+,32+,33?,35-,41+,42+,43+/m0/s1. The fourth-order valence-electron chi connectivity index (χ4n) is 9.42. The smallest absolute Gasteiger partial charge is 0.408 e. The number of aliphatic hydroxyl groups excluding tert-OH is 4. The Bertz CT molecular complexity index is 1840. The molecule has 3 aliphatic carbocycles. The number of carbonyl (C=O) groups is 4. The lowest BCUT2D eigenvalue weighted by Gasteiger charge is -2.65. The molecule has 2 saturated carbocycles. The summed E-state index contributed by atoms with van der Waals surface area (Å²) in [6.45, 7) is 14.7. The molecule has 0 radical (unpaired) electrons. The Labute approximate surface area is 328 Å². The van der Waals surface area contributed by atoms with Crippen molar-refractivity contribution in [1.82, 2.24) is 5.32 Å². The van der Waals surface area contributed by atoms with Gasteiger partial charge >= 0.3 is 18.0 Å². The van der Waals surface area contributed by atoms with Gasteiger partial charge in [0.25, 0.3) is 0 Å². The molecule has 13 heteroatoms. The Kier molecular flexibility index (Phi) is 11.8. The van der Waals surface area contributed by atoms with E-state index in [-0.39, 0.29) is 29.6 Å². The maximum atomic E-state index is 14.9. The molecule has 0 aliphatic heterocycles. The minimum Gasteiger partial charge on any atom is -0.456 e. The molecule has 0 spiro atoms. The van der Waals surface area contributed by atoms with Crippen LogP contribution in [0.25, 0.3) is 0 Å². The van der Waals surface area contributed by atoms with Gasteiger partial charge in [0.05, 0.1) is 29.2 Å². The second-order valence-electron chi connectivity index (χ2n) is 17.6. The first-order valence-corrected chi connectivity index (χ1v) is 19.2. The van der Waals surface area contributed by atoms with Crippen LogP contribution in [0.5, 0.6) is 0 Å². The molecule has 1 amide bonds. The molecule has 0 heterocycles. The predicted molar refractivity (Wildman–Crippen MR) is 204 cm³/mol. The molecular formula is C43H57NO12. The summed E-state index contributed by atoms with van der Waals surface area (Å²) in [5, 5.41) is 62.9. The Hall–Kier alpha value is -4.14. The molecule has 5 rings (SSSR count). The number of carbonyl (C=O) groups excluding carboxylic acids is 4. The summed E-state index contributed by atoms with van der Waals surface area (Å²) in [6.07, 6.45) is -11.1.